The second kappa shape index (κ2) is 6.54. The molecule has 0 atom stereocenters. The molecule has 124 valence electrons. The summed E-state index contributed by atoms with van der Waals surface area (Å²) in [5.41, 5.74) is 2.28. The summed E-state index contributed by atoms with van der Waals surface area (Å²) >= 11 is 0. The maximum absolute atomic E-state index is 12.4. The number of carbonyl (C=O) groups excluding carboxylic acids is 1. The maximum atomic E-state index is 12.4. The molecule has 0 saturated carbocycles. The summed E-state index contributed by atoms with van der Waals surface area (Å²) in [6, 6.07) is 6.60. The van der Waals surface area contributed by atoms with Crippen molar-refractivity contribution in [1.82, 2.24) is 5.16 Å². The lowest BCUT2D eigenvalue weighted by molar-refractivity contribution is -0.114. The third-order valence-corrected chi connectivity index (χ3v) is 5.14. The van der Waals surface area contributed by atoms with Crippen LogP contribution in [0.2, 0.25) is 0 Å². The van der Waals surface area contributed by atoms with E-state index in [-0.39, 0.29) is 16.7 Å². The van der Waals surface area contributed by atoms with Crippen LogP contribution in [0.4, 0.5) is 5.88 Å². The van der Waals surface area contributed by atoms with E-state index in [9.17, 15) is 13.2 Å². The molecule has 1 amide bonds. The van der Waals surface area contributed by atoms with Crippen LogP contribution in [0.1, 0.15) is 36.6 Å². The van der Waals surface area contributed by atoms with Gasteiger partial charge in [-0.2, -0.15) is 0 Å². The summed E-state index contributed by atoms with van der Waals surface area (Å²) in [5, 5.41) is 6.23. The van der Waals surface area contributed by atoms with Crippen LogP contribution in [-0.4, -0.2) is 25.2 Å². The van der Waals surface area contributed by atoms with Gasteiger partial charge in [0.15, 0.2) is 9.84 Å². The zero-order chi connectivity index (χ0) is 17.2. The molecule has 0 aliphatic rings. The molecule has 2 aromatic rings. The molecule has 0 radical (unpaired) electrons. The largest absolute Gasteiger partial charge is 0.338 e. The summed E-state index contributed by atoms with van der Waals surface area (Å²) in [4.78, 5) is 12.1. The van der Waals surface area contributed by atoms with Crippen LogP contribution in [0, 0.1) is 13.8 Å². The Labute approximate surface area is 135 Å². The van der Waals surface area contributed by atoms with E-state index in [4.69, 9.17) is 4.52 Å². The molecule has 0 fully saturated rings. The van der Waals surface area contributed by atoms with E-state index >= 15 is 0 Å². The highest BCUT2D eigenvalue weighted by Crippen LogP contribution is 2.20. The van der Waals surface area contributed by atoms with Gasteiger partial charge in [0.05, 0.1) is 10.6 Å². The molecule has 0 spiro atoms. The van der Waals surface area contributed by atoms with Crippen LogP contribution in [0.5, 0.6) is 0 Å². The minimum absolute atomic E-state index is 0.148. The third-order valence-electron chi connectivity index (χ3n) is 3.37. The molecular formula is C16H20N2O4S. The highest BCUT2D eigenvalue weighted by molar-refractivity contribution is 7.92. The number of aryl methyl sites for hydroxylation is 2. The van der Waals surface area contributed by atoms with Gasteiger partial charge in [0.25, 0.3) is 0 Å². The van der Waals surface area contributed by atoms with E-state index in [1.807, 2.05) is 20.8 Å². The van der Waals surface area contributed by atoms with Gasteiger partial charge in [0.2, 0.25) is 11.8 Å². The van der Waals surface area contributed by atoms with E-state index in [2.05, 4.69) is 10.5 Å². The third kappa shape index (κ3) is 4.19. The van der Waals surface area contributed by atoms with Crippen LogP contribution in [0.25, 0.3) is 0 Å². The zero-order valence-corrected chi connectivity index (χ0v) is 14.4. The number of amides is 1. The summed E-state index contributed by atoms with van der Waals surface area (Å²) in [5.74, 6) is -0.997. The predicted molar refractivity (Wildman–Crippen MR) is 87.2 cm³/mol. The van der Waals surface area contributed by atoms with Crippen molar-refractivity contribution in [3.8, 4) is 0 Å². The van der Waals surface area contributed by atoms with Crippen molar-refractivity contribution in [2.45, 2.75) is 38.5 Å². The van der Waals surface area contributed by atoms with Crippen molar-refractivity contribution in [2.24, 2.45) is 0 Å². The lowest BCUT2D eigenvalue weighted by Gasteiger charge is -2.08. The first-order chi connectivity index (χ1) is 10.7. The quantitative estimate of drug-likeness (QED) is 0.907. The Morgan fingerprint density at radius 3 is 2.52 bits per heavy atom. The van der Waals surface area contributed by atoms with Crippen LogP contribution in [0.3, 0.4) is 0 Å². The molecule has 1 heterocycles. The number of sulfone groups is 1. The molecule has 23 heavy (non-hydrogen) atoms. The lowest BCUT2D eigenvalue weighted by atomic mass is 10.1. The average Bonchev–Trinajstić information content (AvgIpc) is 2.85. The van der Waals surface area contributed by atoms with Crippen molar-refractivity contribution < 1.29 is 17.7 Å². The SMILES string of the molecule is Cc1ccc(S(=O)(=O)CC(=O)Nc2cc(C(C)C)no2)c(C)c1. The summed E-state index contributed by atoms with van der Waals surface area (Å²) in [7, 11) is -3.71. The van der Waals surface area contributed by atoms with Crippen molar-refractivity contribution >= 4 is 21.6 Å². The first-order valence-corrected chi connectivity index (χ1v) is 8.91. The Morgan fingerprint density at radius 1 is 1.26 bits per heavy atom. The molecule has 0 bridgehead atoms. The number of rotatable bonds is 5. The molecule has 6 nitrogen and oxygen atoms in total. The van der Waals surface area contributed by atoms with Gasteiger partial charge < -0.3 is 4.52 Å². The number of aromatic nitrogens is 1. The number of carbonyl (C=O) groups is 1. The average molecular weight is 336 g/mol. The molecular weight excluding hydrogens is 316 g/mol. The Kier molecular flexibility index (Phi) is 4.89. The van der Waals surface area contributed by atoms with Gasteiger partial charge in [-0.15, -0.1) is 0 Å². The van der Waals surface area contributed by atoms with Gasteiger partial charge in [0.1, 0.15) is 5.75 Å². The van der Waals surface area contributed by atoms with E-state index in [1.54, 1.807) is 25.1 Å². The highest BCUT2D eigenvalue weighted by atomic mass is 32.2. The van der Waals surface area contributed by atoms with Crippen LogP contribution >= 0.6 is 0 Å². The molecule has 1 aromatic carbocycles. The number of nitrogens with zero attached hydrogens (tertiary/aromatic N) is 1. The topological polar surface area (TPSA) is 89.3 Å². The second-order valence-electron chi connectivity index (χ2n) is 5.85. The van der Waals surface area contributed by atoms with Gasteiger partial charge in [-0.3, -0.25) is 10.1 Å². The van der Waals surface area contributed by atoms with Crippen molar-refractivity contribution in [1.29, 1.82) is 0 Å². The standard InChI is InChI=1S/C16H20N2O4S/c1-10(2)13-8-16(22-18-13)17-15(19)9-23(20,21)14-6-5-11(3)7-12(14)4/h5-8,10H,9H2,1-4H3,(H,17,19). The molecule has 0 aliphatic carbocycles. The number of benzene rings is 1. The highest BCUT2D eigenvalue weighted by Gasteiger charge is 2.22. The van der Waals surface area contributed by atoms with Gasteiger partial charge in [-0.05, 0) is 31.4 Å². The minimum Gasteiger partial charge on any atom is -0.338 e. The number of anilines is 1. The summed E-state index contributed by atoms with van der Waals surface area (Å²) in [6.07, 6.45) is 0. The Hall–Kier alpha value is -2.15. The molecule has 1 N–H and O–H groups in total. The smallest absolute Gasteiger partial charge is 0.242 e. The fourth-order valence-electron chi connectivity index (χ4n) is 2.19. The molecule has 0 saturated heterocycles. The van der Waals surface area contributed by atoms with E-state index in [1.165, 1.54) is 6.07 Å². The van der Waals surface area contributed by atoms with Crippen molar-refractivity contribution in [2.75, 3.05) is 11.1 Å². The van der Waals surface area contributed by atoms with Crippen molar-refractivity contribution in [3.63, 3.8) is 0 Å². The monoisotopic (exact) mass is 336 g/mol. The minimum atomic E-state index is -3.71. The number of hydrogen-bond acceptors (Lipinski definition) is 5. The summed E-state index contributed by atoms with van der Waals surface area (Å²) in [6.45, 7) is 7.47. The van der Waals surface area contributed by atoms with Gasteiger partial charge in [-0.25, -0.2) is 8.42 Å². The fourth-order valence-corrected chi connectivity index (χ4v) is 3.59. The van der Waals surface area contributed by atoms with Crippen LogP contribution in [-0.2, 0) is 14.6 Å². The molecule has 1 aromatic heterocycles. The maximum Gasteiger partial charge on any atom is 0.242 e. The van der Waals surface area contributed by atoms with Gasteiger partial charge in [0, 0.05) is 6.07 Å². The predicted octanol–water partition coefficient (Wildman–Crippen LogP) is 2.83. The molecule has 2 rings (SSSR count). The number of hydrogen-bond donors (Lipinski definition) is 1. The van der Waals surface area contributed by atoms with Crippen molar-refractivity contribution in [3.05, 3.63) is 41.1 Å². The second-order valence-corrected chi connectivity index (χ2v) is 7.80. The number of nitrogens with one attached hydrogen (secondary N) is 1. The first kappa shape index (κ1) is 17.2. The molecule has 7 heteroatoms. The van der Waals surface area contributed by atoms with E-state index in [0.717, 1.165) is 5.56 Å². The first-order valence-electron chi connectivity index (χ1n) is 7.25. The van der Waals surface area contributed by atoms with Gasteiger partial charge in [-0.1, -0.05) is 36.7 Å². The van der Waals surface area contributed by atoms with Crippen LogP contribution < -0.4 is 5.32 Å². The molecule has 0 unspecified atom stereocenters. The Balaban J connectivity index is 2.11. The lowest BCUT2D eigenvalue weighted by Crippen LogP contribution is -2.23. The Morgan fingerprint density at radius 2 is 1.96 bits per heavy atom. The molecule has 0 aliphatic heterocycles. The summed E-state index contributed by atoms with van der Waals surface area (Å²) < 4.78 is 29.7. The van der Waals surface area contributed by atoms with Crippen LogP contribution in [0.15, 0.2) is 33.7 Å². The van der Waals surface area contributed by atoms with E-state index in [0.29, 0.717) is 11.3 Å². The normalized spacial score (nSPS) is 11.7. The Bertz CT molecular complexity index is 822. The zero-order valence-electron chi connectivity index (χ0n) is 13.6. The van der Waals surface area contributed by atoms with E-state index < -0.39 is 21.5 Å². The fraction of sp³-hybridized carbons (Fsp3) is 0.375. The van der Waals surface area contributed by atoms with Gasteiger partial charge >= 0.3 is 0 Å².